The van der Waals surface area contributed by atoms with Crippen molar-refractivity contribution in [3.8, 4) is 5.75 Å². The molecule has 1 saturated heterocycles. The van der Waals surface area contributed by atoms with Crippen LogP contribution < -0.4 is 21.1 Å². The van der Waals surface area contributed by atoms with Gasteiger partial charge in [0.25, 0.3) is 0 Å². The van der Waals surface area contributed by atoms with Crippen LogP contribution in [0.5, 0.6) is 5.75 Å². The van der Waals surface area contributed by atoms with E-state index in [-0.39, 0.29) is 6.10 Å². The Hall–Kier alpha value is -2.84. The van der Waals surface area contributed by atoms with Crippen molar-refractivity contribution < 1.29 is 19.7 Å². The fraction of sp³-hybridized carbons (Fsp3) is 0.400. The molecule has 8 heteroatoms. The molecule has 28 heavy (non-hydrogen) atoms. The number of pyridine rings is 1. The van der Waals surface area contributed by atoms with E-state index in [9.17, 15) is 4.79 Å². The molecule has 1 atom stereocenters. The van der Waals surface area contributed by atoms with Crippen LogP contribution in [0, 0.1) is 6.92 Å². The topological polar surface area (TPSA) is 130 Å². The minimum atomic E-state index is -1.01. The molecule has 1 unspecified atom stereocenters. The van der Waals surface area contributed by atoms with E-state index in [1.807, 2.05) is 24.3 Å². The van der Waals surface area contributed by atoms with Gasteiger partial charge < -0.3 is 31.3 Å². The number of ether oxygens (including phenoxy) is 1. The minimum absolute atomic E-state index is 0.0648. The van der Waals surface area contributed by atoms with Crippen LogP contribution in [0.25, 0.3) is 0 Å². The molecule has 1 fully saturated rings. The molecule has 2 heterocycles. The zero-order valence-electron chi connectivity index (χ0n) is 16.4. The first-order chi connectivity index (χ1) is 13.4. The van der Waals surface area contributed by atoms with Crippen molar-refractivity contribution in [2.45, 2.75) is 25.9 Å². The van der Waals surface area contributed by atoms with Gasteiger partial charge in [-0.1, -0.05) is 17.7 Å². The molecule has 2 aromatic rings. The Balaban J connectivity index is 0.000000226. The first-order valence-corrected chi connectivity index (χ1v) is 9.07. The number of aliphatic hydroxyl groups is 1. The third kappa shape index (κ3) is 11.0. The van der Waals surface area contributed by atoms with Gasteiger partial charge in [-0.05, 0) is 56.1 Å². The Morgan fingerprint density at radius 3 is 2.54 bits per heavy atom. The van der Waals surface area contributed by atoms with Gasteiger partial charge in [-0.25, -0.2) is 9.78 Å². The van der Waals surface area contributed by atoms with Crippen LogP contribution in [-0.4, -0.2) is 54.1 Å². The summed E-state index contributed by atoms with van der Waals surface area (Å²) in [6.07, 6.45) is 2.08. The molecule has 0 spiro atoms. The van der Waals surface area contributed by atoms with Gasteiger partial charge in [0.1, 0.15) is 11.6 Å². The molecule has 154 valence electrons. The van der Waals surface area contributed by atoms with Crippen LogP contribution in [0.1, 0.15) is 17.5 Å². The molecule has 3 rings (SSSR count). The number of nitrogens with zero attached hydrogens (tertiary/aromatic N) is 1. The number of benzene rings is 1. The van der Waals surface area contributed by atoms with Crippen LogP contribution in [0.4, 0.5) is 10.6 Å². The fourth-order valence-electron chi connectivity index (χ4n) is 2.28. The number of methoxy groups -OCH3 is 1. The third-order valence-corrected chi connectivity index (χ3v) is 3.83. The van der Waals surface area contributed by atoms with Gasteiger partial charge in [-0.3, -0.25) is 0 Å². The van der Waals surface area contributed by atoms with Crippen LogP contribution in [0.15, 0.2) is 42.6 Å². The molecule has 0 radical (unpaired) electrons. The highest BCUT2D eigenvalue weighted by atomic mass is 16.5. The molecule has 8 nitrogen and oxygen atoms in total. The van der Waals surface area contributed by atoms with Crippen LogP contribution in [0.3, 0.4) is 0 Å². The molecule has 1 amide bonds. The maximum atomic E-state index is 10.1. The number of nitrogens with one attached hydrogen (secondary N) is 2. The number of nitrogen functional groups attached to an aromatic ring is 1. The monoisotopic (exact) mass is 390 g/mol. The number of rotatable bonds is 4. The Morgan fingerprint density at radius 1 is 1.36 bits per heavy atom. The summed E-state index contributed by atoms with van der Waals surface area (Å²) in [4.78, 5) is 13.9. The van der Waals surface area contributed by atoms with Gasteiger partial charge in [0.05, 0.1) is 13.2 Å². The smallest absolute Gasteiger partial charge is 0.404 e. The number of aliphatic hydroxyl groups excluding tert-OH is 1. The molecule has 0 bridgehead atoms. The van der Waals surface area contributed by atoms with Crippen molar-refractivity contribution in [2.75, 3.05) is 32.5 Å². The van der Waals surface area contributed by atoms with E-state index >= 15 is 0 Å². The first-order valence-electron chi connectivity index (χ1n) is 9.07. The van der Waals surface area contributed by atoms with Gasteiger partial charge >= 0.3 is 6.09 Å². The van der Waals surface area contributed by atoms with Crippen molar-refractivity contribution in [3.05, 3.63) is 53.7 Å². The van der Waals surface area contributed by atoms with Crippen LogP contribution in [0.2, 0.25) is 0 Å². The lowest BCUT2D eigenvalue weighted by Gasteiger charge is -2.01. The van der Waals surface area contributed by atoms with Gasteiger partial charge in [-0.15, -0.1) is 0 Å². The van der Waals surface area contributed by atoms with E-state index < -0.39 is 6.09 Å². The number of aromatic nitrogens is 1. The number of anilines is 1. The normalized spacial score (nSPS) is 14.8. The number of carboxylic acid groups (broad SMARTS) is 1. The lowest BCUT2D eigenvalue weighted by molar-refractivity contribution is 0.194. The van der Waals surface area contributed by atoms with Crippen molar-refractivity contribution in [1.82, 2.24) is 15.6 Å². The lowest BCUT2D eigenvalue weighted by Crippen LogP contribution is -2.23. The second kappa shape index (κ2) is 13.3. The minimum Gasteiger partial charge on any atom is -0.497 e. The summed E-state index contributed by atoms with van der Waals surface area (Å²) in [6, 6.07) is 11.5. The van der Waals surface area contributed by atoms with E-state index in [1.54, 1.807) is 25.4 Å². The Kier molecular flexibility index (Phi) is 11.1. The van der Waals surface area contributed by atoms with E-state index in [4.69, 9.17) is 20.7 Å². The second-order valence-electron chi connectivity index (χ2n) is 6.23. The molecule has 0 saturated carbocycles. The maximum Gasteiger partial charge on any atom is 0.404 e. The zero-order chi connectivity index (χ0) is 20.8. The quantitative estimate of drug-likeness (QED) is 0.538. The van der Waals surface area contributed by atoms with Crippen molar-refractivity contribution in [2.24, 2.45) is 0 Å². The van der Waals surface area contributed by atoms with Crippen molar-refractivity contribution in [3.63, 3.8) is 0 Å². The fourth-order valence-corrected chi connectivity index (χ4v) is 2.28. The molecule has 1 aromatic carbocycles. The molecular weight excluding hydrogens is 360 g/mol. The number of nitrogens with two attached hydrogens (primary N) is 1. The zero-order valence-corrected chi connectivity index (χ0v) is 16.4. The average Bonchev–Trinajstić information content (AvgIpc) is 3.14. The summed E-state index contributed by atoms with van der Waals surface area (Å²) in [7, 11) is 1.67. The van der Waals surface area contributed by atoms with Gasteiger partial charge in [0.2, 0.25) is 0 Å². The maximum absolute atomic E-state index is 10.1. The number of amides is 1. The second-order valence-corrected chi connectivity index (χ2v) is 6.23. The summed E-state index contributed by atoms with van der Waals surface area (Å²) >= 11 is 0. The average molecular weight is 390 g/mol. The van der Waals surface area contributed by atoms with Crippen LogP contribution in [-0.2, 0) is 6.42 Å². The number of aryl methyl sites for hydroxylation is 1. The van der Waals surface area contributed by atoms with E-state index in [0.717, 1.165) is 30.8 Å². The largest absolute Gasteiger partial charge is 0.497 e. The summed E-state index contributed by atoms with van der Waals surface area (Å²) in [5.41, 5.74) is 7.68. The lowest BCUT2D eigenvalue weighted by atomic mass is 10.2. The summed E-state index contributed by atoms with van der Waals surface area (Å²) in [5.74, 6) is 1.37. The number of carbonyl (C=O) groups is 1. The third-order valence-electron chi connectivity index (χ3n) is 3.83. The number of β-amino-alcohol motifs (C(OH)–C–C–N with tert-alkyl or cyclic N) is 1. The summed E-state index contributed by atoms with van der Waals surface area (Å²) < 4.78 is 4.97. The Morgan fingerprint density at radius 2 is 2.07 bits per heavy atom. The van der Waals surface area contributed by atoms with Crippen molar-refractivity contribution in [1.29, 1.82) is 0 Å². The molecule has 1 aromatic heterocycles. The molecule has 0 aliphatic carbocycles. The first kappa shape index (κ1) is 23.2. The molecule has 1 aliphatic rings. The highest BCUT2D eigenvalue weighted by Crippen LogP contribution is 2.09. The van der Waals surface area contributed by atoms with Gasteiger partial charge in [0.15, 0.2) is 0 Å². The predicted octanol–water partition coefficient (Wildman–Crippen LogP) is 1.82. The summed E-state index contributed by atoms with van der Waals surface area (Å²) in [6.45, 7) is 4.22. The summed E-state index contributed by atoms with van der Waals surface area (Å²) in [5, 5.41) is 22.3. The number of hydrogen-bond acceptors (Lipinski definition) is 6. The molecule has 1 aliphatic heterocycles. The molecular formula is C20H30N4O4. The Labute approximate surface area is 165 Å². The van der Waals surface area contributed by atoms with E-state index in [0.29, 0.717) is 18.8 Å². The SMILES string of the molecule is COc1ccc(C)cc1.Nc1cc(CCNC(=O)O)ccn1.OC1CCNC1. The van der Waals surface area contributed by atoms with Crippen molar-refractivity contribution >= 4 is 11.9 Å². The predicted molar refractivity (Wildman–Crippen MR) is 110 cm³/mol. The standard InChI is InChI=1S/C8H11N3O2.C8H10O.C4H9NO/c9-7-5-6(1-3-10-7)2-4-11-8(12)13;1-7-3-5-8(9-2)6-4-7;6-4-1-2-5-3-4/h1,3,5,11H,2,4H2,(H2,9,10)(H,12,13);3-6H,1-2H3;4-6H,1-3H2. The van der Waals surface area contributed by atoms with E-state index in [2.05, 4.69) is 22.5 Å². The highest BCUT2D eigenvalue weighted by molar-refractivity contribution is 5.64. The highest BCUT2D eigenvalue weighted by Gasteiger charge is 2.08. The van der Waals surface area contributed by atoms with Crippen LogP contribution >= 0.6 is 0 Å². The number of hydrogen-bond donors (Lipinski definition) is 5. The van der Waals surface area contributed by atoms with Gasteiger partial charge in [-0.2, -0.15) is 0 Å². The Bertz CT molecular complexity index is 689. The molecule has 6 N–H and O–H groups in total. The van der Waals surface area contributed by atoms with Gasteiger partial charge in [0, 0.05) is 19.3 Å². The van der Waals surface area contributed by atoms with E-state index in [1.165, 1.54) is 5.56 Å².